The molecule has 0 amide bonds. The van der Waals surface area contributed by atoms with Gasteiger partial charge in [0.15, 0.2) is 5.82 Å². The van der Waals surface area contributed by atoms with Crippen molar-refractivity contribution in [1.82, 2.24) is 14.8 Å². The molecule has 0 atom stereocenters. The molecular formula is C10H11FN4. The molecular weight excluding hydrogens is 195 g/mol. The minimum absolute atomic E-state index is 0.367. The van der Waals surface area contributed by atoms with E-state index >= 15 is 0 Å². The summed E-state index contributed by atoms with van der Waals surface area (Å²) in [5.74, 6) is 0.196. The standard InChI is InChI=1S/C10H11FN4/c1-6-10(12)7(2)15(14-6)9-4-3-8(11)5-13-9/h3-5H,12H2,1-2H3. The lowest BCUT2D eigenvalue weighted by molar-refractivity contribution is 0.618. The molecule has 2 aromatic heterocycles. The van der Waals surface area contributed by atoms with E-state index in [9.17, 15) is 4.39 Å². The largest absolute Gasteiger partial charge is 0.396 e. The van der Waals surface area contributed by atoms with Gasteiger partial charge < -0.3 is 5.73 Å². The summed E-state index contributed by atoms with van der Waals surface area (Å²) in [4.78, 5) is 3.93. The van der Waals surface area contributed by atoms with Crippen molar-refractivity contribution < 1.29 is 4.39 Å². The van der Waals surface area contributed by atoms with E-state index in [2.05, 4.69) is 10.1 Å². The number of aromatic nitrogens is 3. The van der Waals surface area contributed by atoms with E-state index in [1.807, 2.05) is 13.8 Å². The summed E-state index contributed by atoms with van der Waals surface area (Å²) in [6.45, 7) is 3.67. The highest BCUT2D eigenvalue weighted by Gasteiger charge is 2.10. The van der Waals surface area contributed by atoms with E-state index in [1.165, 1.54) is 6.07 Å². The zero-order valence-corrected chi connectivity index (χ0v) is 8.53. The topological polar surface area (TPSA) is 56.7 Å². The van der Waals surface area contributed by atoms with Crippen molar-refractivity contribution in [3.05, 3.63) is 35.5 Å². The van der Waals surface area contributed by atoms with Crippen LogP contribution in [0.1, 0.15) is 11.4 Å². The van der Waals surface area contributed by atoms with Crippen molar-refractivity contribution in [2.75, 3.05) is 5.73 Å². The Morgan fingerprint density at radius 1 is 1.33 bits per heavy atom. The van der Waals surface area contributed by atoms with Gasteiger partial charge >= 0.3 is 0 Å². The van der Waals surface area contributed by atoms with Crippen LogP contribution in [-0.2, 0) is 0 Å². The van der Waals surface area contributed by atoms with Crippen LogP contribution in [0.2, 0.25) is 0 Å². The molecule has 0 unspecified atom stereocenters. The highest BCUT2D eigenvalue weighted by molar-refractivity contribution is 5.49. The van der Waals surface area contributed by atoms with Gasteiger partial charge in [-0.1, -0.05) is 0 Å². The predicted octanol–water partition coefficient (Wildman–Crippen LogP) is 1.61. The molecule has 0 fully saturated rings. The quantitative estimate of drug-likeness (QED) is 0.771. The zero-order chi connectivity index (χ0) is 11.0. The number of rotatable bonds is 1. The van der Waals surface area contributed by atoms with Crippen LogP contribution >= 0.6 is 0 Å². The maximum Gasteiger partial charge on any atom is 0.153 e. The van der Waals surface area contributed by atoms with Gasteiger partial charge in [-0.2, -0.15) is 5.10 Å². The van der Waals surface area contributed by atoms with E-state index in [1.54, 1.807) is 10.7 Å². The molecule has 2 N–H and O–H groups in total. The first-order valence-corrected chi connectivity index (χ1v) is 4.53. The predicted molar refractivity (Wildman–Crippen MR) is 55.2 cm³/mol. The average Bonchev–Trinajstić information content (AvgIpc) is 2.47. The van der Waals surface area contributed by atoms with Gasteiger partial charge in [0.2, 0.25) is 0 Å². The normalized spacial score (nSPS) is 10.6. The molecule has 2 aromatic rings. The van der Waals surface area contributed by atoms with Crippen molar-refractivity contribution in [3.63, 3.8) is 0 Å². The van der Waals surface area contributed by atoms with Crippen LogP contribution < -0.4 is 5.73 Å². The summed E-state index contributed by atoms with van der Waals surface area (Å²) in [5.41, 5.74) is 7.99. The lowest BCUT2D eigenvalue weighted by Crippen LogP contribution is -2.02. The molecule has 0 saturated carbocycles. The number of halogens is 1. The van der Waals surface area contributed by atoms with Crippen molar-refractivity contribution in [2.45, 2.75) is 13.8 Å². The van der Waals surface area contributed by atoms with E-state index in [-0.39, 0.29) is 5.82 Å². The third-order valence-electron chi connectivity index (χ3n) is 2.28. The molecule has 0 aliphatic carbocycles. The summed E-state index contributed by atoms with van der Waals surface area (Å²) in [6, 6.07) is 2.91. The first-order chi connectivity index (χ1) is 7.09. The van der Waals surface area contributed by atoms with Crippen molar-refractivity contribution >= 4 is 5.69 Å². The van der Waals surface area contributed by atoms with Gasteiger partial charge in [0.1, 0.15) is 5.82 Å². The fraction of sp³-hybridized carbons (Fsp3) is 0.200. The van der Waals surface area contributed by atoms with Crippen LogP contribution in [0.25, 0.3) is 5.82 Å². The maximum atomic E-state index is 12.7. The molecule has 4 nitrogen and oxygen atoms in total. The van der Waals surface area contributed by atoms with Crippen LogP contribution in [0.4, 0.5) is 10.1 Å². The number of nitrogens with zero attached hydrogens (tertiary/aromatic N) is 3. The Kier molecular flexibility index (Phi) is 2.15. The first-order valence-electron chi connectivity index (χ1n) is 4.53. The van der Waals surface area contributed by atoms with Crippen LogP contribution in [0.15, 0.2) is 18.3 Å². The molecule has 0 aliphatic heterocycles. The molecule has 0 aromatic carbocycles. The monoisotopic (exact) mass is 206 g/mol. The Morgan fingerprint density at radius 3 is 2.53 bits per heavy atom. The molecule has 0 saturated heterocycles. The number of pyridine rings is 1. The molecule has 2 rings (SSSR count). The molecule has 0 radical (unpaired) electrons. The Balaban J connectivity index is 2.54. The van der Waals surface area contributed by atoms with E-state index in [4.69, 9.17) is 5.73 Å². The summed E-state index contributed by atoms with van der Waals surface area (Å²) in [6.07, 6.45) is 1.15. The summed E-state index contributed by atoms with van der Waals surface area (Å²) < 4.78 is 14.3. The van der Waals surface area contributed by atoms with Crippen LogP contribution in [0.3, 0.4) is 0 Å². The average molecular weight is 206 g/mol. The third-order valence-corrected chi connectivity index (χ3v) is 2.28. The molecule has 2 heterocycles. The number of nitrogens with two attached hydrogens (primary N) is 1. The van der Waals surface area contributed by atoms with Gasteiger partial charge in [-0.05, 0) is 26.0 Å². The SMILES string of the molecule is Cc1nn(-c2ccc(F)cn2)c(C)c1N. The van der Waals surface area contributed by atoms with Gasteiger partial charge in [0.25, 0.3) is 0 Å². The number of hydrogen-bond acceptors (Lipinski definition) is 3. The van der Waals surface area contributed by atoms with Crippen LogP contribution in [0, 0.1) is 19.7 Å². The highest BCUT2D eigenvalue weighted by Crippen LogP contribution is 2.17. The Morgan fingerprint density at radius 2 is 2.07 bits per heavy atom. The molecule has 0 bridgehead atoms. The minimum Gasteiger partial charge on any atom is -0.396 e. The van der Waals surface area contributed by atoms with Gasteiger partial charge in [-0.3, -0.25) is 0 Å². The smallest absolute Gasteiger partial charge is 0.153 e. The van der Waals surface area contributed by atoms with Crippen molar-refractivity contribution in [3.8, 4) is 5.82 Å². The second-order valence-corrected chi connectivity index (χ2v) is 3.33. The van der Waals surface area contributed by atoms with Gasteiger partial charge in [-0.15, -0.1) is 0 Å². The molecule has 15 heavy (non-hydrogen) atoms. The molecule has 0 spiro atoms. The summed E-state index contributed by atoms with van der Waals surface area (Å²) in [5, 5.41) is 4.22. The van der Waals surface area contributed by atoms with Crippen molar-refractivity contribution in [2.24, 2.45) is 0 Å². The lowest BCUT2D eigenvalue weighted by atomic mass is 10.3. The summed E-state index contributed by atoms with van der Waals surface area (Å²) in [7, 11) is 0. The fourth-order valence-corrected chi connectivity index (χ4v) is 1.37. The van der Waals surface area contributed by atoms with Crippen LogP contribution in [-0.4, -0.2) is 14.8 Å². The number of hydrogen-bond donors (Lipinski definition) is 1. The highest BCUT2D eigenvalue weighted by atomic mass is 19.1. The fourth-order valence-electron chi connectivity index (χ4n) is 1.37. The number of nitrogen functional groups attached to an aromatic ring is 1. The lowest BCUT2D eigenvalue weighted by Gasteiger charge is -2.02. The zero-order valence-electron chi connectivity index (χ0n) is 8.53. The van der Waals surface area contributed by atoms with E-state index in [0.29, 0.717) is 11.5 Å². The Labute approximate surface area is 86.6 Å². The third kappa shape index (κ3) is 1.56. The Bertz CT molecular complexity index is 487. The second-order valence-electron chi connectivity index (χ2n) is 3.33. The van der Waals surface area contributed by atoms with Gasteiger partial charge in [0, 0.05) is 0 Å². The molecule has 78 valence electrons. The molecule has 0 aliphatic rings. The first kappa shape index (κ1) is 9.64. The van der Waals surface area contributed by atoms with Gasteiger partial charge in [0.05, 0.1) is 23.3 Å². The van der Waals surface area contributed by atoms with E-state index in [0.717, 1.165) is 17.6 Å². The minimum atomic E-state index is -0.367. The number of anilines is 1. The molecule has 5 heteroatoms. The van der Waals surface area contributed by atoms with Crippen molar-refractivity contribution in [1.29, 1.82) is 0 Å². The number of aryl methyl sites for hydroxylation is 1. The van der Waals surface area contributed by atoms with Gasteiger partial charge in [-0.25, -0.2) is 14.1 Å². The summed E-state index contributed by atoms with van der Waals surface area (Å²) >= 11 is 0. The maximum absolute atomic E-state index is 12.7. The Hall–Kier alpha value is -1.91. The van der Waals surface area contributed by atoms with Crippen LogP contribution in [0.5, 0.6) is 0 Å². The second kappa shape index (κ2) is 3.34. The van der Waals surface area contributed by atoms with E-state index < -0.39 is 0 Å².